The molecule has 0 aromatic heterocycles. The minimum absolute atomic E-state index is 0.718. The lowest BCUT2D eigenvalue weighted by molar-refractivity contribution is 0.406. The molecule has 1 aliphatic carbocycles. The van der Waals surface area contributed by atoms with Gasteiger partial charge in [-0.2, -0.15) is 0 Å². The highest BCUT2D eigenvalue weighted by Gasteiger charge is 2.23. The molecule has 1 heteroatoms. The van der Waals surface area contributed by atoms with Gasteiger partial charge in [-0.3, -0.25) is 0 Å². The van der Waals surface area contributed by atoms with E-state index < -0.39 is 0 Å². The number of nitrogens with one attached hydrogen (secondary N) is 1. The van der Waals surface area contributed by atoms with Crippen molar-refractivity contribution in [1.82, 2.24) is 0 Å². The van der Waals surface area contributed by atoms with Crippen LogP contribution in [0.15, 0.2) is 53.8 Å². The predicted octanol–water partition coefficient (Wildman–Crippen LogP) is 6.32. The Morgan fingerprint density at radius 2 is 1.96 bits per heavy atom. The van der Waals surface area contributed by atoms with Gasteiger partial charge in [0, 0.05) is 11.4 Å². The maximum atomic E-state index is 4.38. The molecule has 2 aliphatic rings. The Hall–Kier alpha value is -1.76. The monoisotopic (exact) mass is 307 g/mol. The summed E-state index contributed by atoms with van der Waals surface area (Å²) >= 11 is 0. The normalized spacial score (nSPS) is 21.7. The summed E-state index contributed by atoms with van der Waals surface area (Å²) < 4.78 is 0. The fourth-order valence-corrected chi connectivity index (χ4v) is 4.18. The van der Waals surface area contributed by atoms with Gasteiger partial charge in [-0.1, -0.05) is 50.1 Å². The molecule has 1 aromatic rings. The average molecular weight is 307 g/mol. The van der Waals surface area contributed by atoms with Gasteiger partial charge in [0.1, 0.15) is 0 Å². The molecule has 0 bridgehead atoms. The van der Waals surface area contributed by atoms with Crippen LogP contribution in [0.1, 0.15) is 56.6 Å². The number of rotatable bonds is 2. The molecule has 0 amide bonds. The molecular weight excluding hydrogens is 278 g/mol. The van der Waals surface area contributed by atoms with E-state index in [1.165, 1.54) is 60.1 Å². The van der Waals surface area contributed by atoms with E-state index in [0.717, 1.165) is 24.5 Å². The smallest absolute Gasteiger partial charge is 0.0419 e. The molecular formula is C22H29N. The quantitative estimate of drug-likeness (QED) is 0.674. The summed E-state index contributed by atoms with van der Waals surface area (Å²) in [5.41, 5.74) is 8.17. The van der Waals surface area contributed by atoms with Gasteiger partial charge in [-0.15, -0.1) is 0 Å². The van der Waals surface area contributed by atoms with Crippen LogP contribution < -0.4 is 5.32 Å². The van der Waals surface area contributed by atoms with Gasteiger partial charge in [-0.25, -0.2) is 0 Å². The molecule has 1 N–H and O–H groups in total. The minimum Gasteiger partial charge on any atom is -0.356 e. The van der Waals surface area contributed by atoms with Crippen LogP contribution in [0.2, 0.25) is 0 Å². The lowest BCUT2D eigenvalue weighted by atomic mass is 9.80. The molecule has 23 heavy (non-hydrogen) atoms. The summed E-state index contributed by atoms with van der Waals surface area (Å²) in [4.78, 5) is 0. The summed E-state index contributed by atoms with van der Waals surface area (Å²) in [5, 5.41) is 3.61. The van der Waals surface area contributed by atoms with Crippen molar-refractivity contribution in [2.24, 2.45) is 5.92 Å². The van der Waals surface area contributed by atoms with Crippen molar-refractivity contribution in [2.45, 2.75) is 58.8 Å². The first kappa shape index (κ1) is 16.1. The maximum absolute atomic E-state index is 4.38. The number of fused-ring (bicyclic) bond motifs is 1. The molecule has 1 aromatic carbocycles. The van der Waals surface area contributed by atoms with Crippen molar-refractivity contribution >= 4 is 5.69 Å². The molecule has 1 fully saturated rings. The van der Waals surface area contributed by atoms with Crippen molar-refractivity contribution < 1.29 is 0 Å². The van der Waals surface area contributed by atoms with Gasteiger partial charge in [0.25, 0.3) is 0 Å². The third-order valence-electron chi connectivity index (χ3n) is 5.42. The van der Waals surface area contributed by atoms with Gasteiger partial charge in [0.05, 0.1) is 0 Å². The van der Waals surface area contributed by atoms with Gasteiger partial charge >= 0.3 is 0 Å². The Morgan fingerprint density at radius 3 is 2.70 bits per heavy atom. The lowest BCUT2D eigenvalue weighted by Crippen LogP contribution is -2.12. The second-order valence-corrected chi connectivity index (χ2v) is 6.97. The fraction of sp³-hybridized carbons (Fsp3) is 0.455. The lowest BCUT2D eigenvalue weighted by Gasteiger charge is -2.26. The Bertz CT molecular complexity index is 642. The number of hydrogen-bond donors (Lipinski definition) is 1. The van der Waals surface area contributed by atoms with E-state index in [0.29, 0.717) is 0 Å². The summed E-state index contributed by atoms with van der Waals surface area (Å²) in [6.07, 6.45) is 13.6. The Balaban J connectivity index is 1.97. The Labute approximate surface area is 141 Å². The molecule has 1 nitrogen and oxygen atoms in total. The van der Waals surface area contributed by atoms with E-state index in [-0.39, 0.29) is 0 Å². The molecule has 122 valence electrons. The highest BCUT2D eigenvalue weighted by molar-refractivity contribution is 5.63. The zero-order chi connectivity index (χ0) is 16.2. The van der Waals surface area contributed by atoms with Crippen LogP contribution in [0.4, 0.5) is 5.69 Å². The number of allylic oxidation sites excluding steroid dienone is 4. The third kappa shape index (κ3) is 3.44. The molecule has 3 rings (SSSR count). The molecule has 1 saturated carbocycles. The average Bonchev–Trinajstić information content (AvgIpc) is 2.73. The molecule has 0 spiro atoms. The summed E-state index contributed by atoms with van der Waals surface area (Å²) in [5.74, 6) is 0.718. The number of anilines is 1. The van der Waals surface area contributed by atoms with E-state index >= 15 is 0 Å². The van der Waals surface area contributed by atoms with Crippen molar-refractivity contribution in [3.63, 3.8) is 0 Å². The summed E-state index contributed by atoms with van der Waals surface area (Å²) in [7, 11) is 0. The highest BCUT2D eigenvalue weighted by atomic mass is 14.9. The molecule has 1 heterocycles. The summed E-state index contributed by atoms with van der Waals surface area (Å²) in [6, 6.07) is 6.54. The predicted molar refractivity (Wildman–Crippen MR) is 101 cm³/mol. The van der Waals surface area contributed by atoms with E-state index in [2.05, 4.69) is 56.1 Å². The highest BCUT2D eigenvalue weighted by Crippen LogP contribution is 2.38. The standard InChI is InChI=1S/C22H29N/c1-4-9-21(18-11-6-5-7-12-18)20-15-14-19-16(2)10-8-13-22(19)23-17(20)3/h4,8-10,13,18,23H,3,5-7,11-12,14-15H2,1-2H3/b9-4-,21-20+. The van der Waals surface area contributed by atoms with Crippen LogP contribution >= 0.6 is 0 Å². The fourth-order valence-electron chi connectivity index (χ4n) is 4.18. The minimum atomic E-state index is 0.718. The van der Waals surface area contributed by atoms with E-state index in [1.54, 1.807) is 0 Å². The maximum Gasteiger partial charge on any atom is 0.0419 e. The van der Waals surface area contributed by atoms with E-state index in [1.807, 2.05) is 0 Å². The van der Waals surface area contributed by atoms with E-state index in [4.69, 9.17) is 0 Å². The third-order valence-corrected chi connectivity index (χ3v) is 5.42. The van der Waals surface area contributed by atoms with Crippen LogP contribution in [0, 0.1) is 12.8 Å². The van der Waals surface area contributed by atoms with Gasteiger partial charge < -0.3 is 5.32 Å². The van der Waals surface area contributed by atoms with Crippen LogP contribution in [-0.4, -0.2) is 0 Å². The van der Waals surface area contributed by atoms with E-state index in [9.17, 15) is 0 Å². The van der Waals surface area contributed by atoms with Crippen molar-refractivity contribution in [1.29, 1.82) is 0 Å². The van der Waals surface area contributed by atoms with Gasteiger partial charge in [0.2, 0.25) is 0 Å². The zero-order valence-corrected chi connectivity index (χ0v) is 14.6. The second kappa shape index (κ2) is 7.21. The number of aryl methyl sites for hydroxylation is 1. The Kier molecular flexibility index (Phi) is 5.05. The first-order valence-corrected chi connectivity index (χ1v) is 9.11. The molecule has 0 radical (unpaired) electrons. The SMILES string of the molecule is C=C1Nc2cccc(C)c2CC/C1=C(/C=C\C)C1CCCCC1. The van der Waals surface area contributed by atoms with Crippen molar-refractivity contribution in [3.05, 3.63) is 64.9 Å². The van der Waals surface area contributed by atoms with Crippen LogP contribution in [0.25, 0.3) is 0 Å². The van der Waals surface area contributed by atoms with Gasteiger partial charge in [-0.05, 0) is 73.8 Å². The van der Waals surface area contributed by atoms with Crippen LogP contribution in [0.5, 0.6) is 0 Å². The largest absolute Gasteiger partial charge is 0.356 e. The topological polar surface area (TPSA) is 12.0 Å². The molecule has 0 atom stereocenters. The first-order chi connectivity index (χ1) is 11.2. The van der Waals surface area contributed by atoms with Crippen molar-refractivity contribution in [2.75, 3.05) is 5.32 Å². The van der Waals surface area contributed by atoms with Crippen LogP contribution in [0.3, 0.4) is 0 Å². The summed E-state index contributed by atoms with van der Waals surface area (Å²) in [6.45, 7) is 8.73. The molecule has 0 saturated heterocycles. The number of hydrogen-bond acceptors (Lipinski definition) is 1. The number of benzene rings is 1. The van der Waals surface area contributed by atoms with Crippen molar-refractivity contribution in [3.8, 4) is 0 Å². The Morgan fingerprint density at radius 1 is 1.17 bits per heavy atom. The molecule has 1 aliphatic heterocycles. The molecule has 0 unspecified atom stereocenters. The first-order valence-electron chi connectivity index (χ1n) is 9.11. The van der Waals surface area contributed by atoms with Crippen LogP contribution in [-0.2, 0) is 6.42 Å². The zero-order valence-electron chi connectivity index (χ0n) is 14.6. The second-order valence-electron chi connectivity index (χ2n) is 6.97. The van der Waals surface area contributed by atoms with Gasteiger partial charge in [0.15, 0.2) is 0 Å².